The molecule has 206 valence electrons. The maximum atomic E-state index is 15.9. The van der Waals surface area contributed by atoms with Gasteiger partial charge in [-0.2, -0.15) is 0 Å². The Kier molecular flexibility index (Phi) is 6.09. The molecule has 0 unspecified atom stereocenters. The van der Waals surface area contributed by atoms with Gasteiger partial charge in [-0.25, -0.2) is 13.9 Å². The van der Waals surface area contributed by atoms with E-state index in [0.717, 1.165) is 32.8 Å². The number of pyridine rings is 1. The highest BCUT2D eigenvalue weighted by Gasteiger charge is 2.17. The number of thioether (sulfide) groups is 1. The molecule has 0 bridgehead atoms. The summed E-state index contributed by atoms with van der Waals surface area (Å²) in [6.45, 7) is 0. The minimum Gasteiger partial charge on any atom is -0.309 e. The van der Waals surface area contributed by atoms with Crippen molar-refractivity contribution in [1.82, 2.24) is 19.2 Å². The highest BCUT2D eigenvalue weighted by molar-refractivity contribution is 7.98. The fourth-order valence-electron chi connectivity index (χ4n) is 5.93. The van der Waals surface area contributed by atoms with E-state index >= 15 is 4.39 Å². The molecule has 0 fully saturated rings. The number of hydrogen-bond acceptors (Lipinski definition) is 3. The number of benzene rings is 5. The van der Waals surface area contributed by atoms with E-state index < -0.39 is 0 Å². The van der Waals surface area contributed by atoms with Crippen molar-refractivity contribution >= 4 is 39.2 Å². The van der Waals surface area contributed by atoms with Gasteiger partial charge in [0.2, 0.25) is 0 Å². The second-order valence-corrected chi connectivity index (χ2v) is 11.3. The molecule has 0 saturated heterocycles. The van der Waals surface area contributed by atoms with E-state index in [1.807, 2.05) is 48.9 Å². The lowest BCUT2D eigenvalue weighted by Crippen LogP contribution is -1.96. The van der Waals surface area contributed by atoms with Gasteiger partial charge in [-0.1, -0.05) is 72.8 Å². The van der Waals surface area contributed by atoms with Gasteiger partial charge < -0.3 is 4.57 Å². The Morgan fingerprint density at radius 2 is 1.42 bits per heavy atom. The predicted molar refractivity (Wildman–Crippen MR) is 175 cm³/mol. The Hall–Kier alpha value is -5.20. The van der Waals surface area contributed by atoms with Crippen molar-refractivity contribution in [3.63, 3.8) is 0 Å². The van der Waals surface area contributed by atoms with Gasteiger partial charge in [-0.15, -0.1) is 16.9 Å². The summed E-state index contributed by atoms with van der Waals surface area (Å²) in [7, 11) is 0. The molecular weight excluding hydrogens is 552 g/mol. The summed E-state index contributed by atoms with van der Waals surface area (Å²) in [5, 5.41) is 6.89. The fraction of sp³-hybridized carbons (Fsp3) is 0.0270. The minimum absolute atomic E-state index is 0.307. The number of fused-ring (bicyclic) bond motifs is 4. The van der Waals surface area contributed by atoms with Crippen molar-refractivity contribution in [3.8, 4) is 39.3 Å². The Balaban J connectivity index is 1.27. The molecule has 0 N–H and O–H groups in total. The predicted octanol–water partition coefficient (Wildman–Crippen LogP) is 9.69. The van der Waals surface area contributed by atoms with Crippen molar-refractivity contribution in [2.45, 2.75) is 4.90 Å². The summed E-state index contributed by atoms with van der Waals surface area (Å²) >= 11 is 1.61. The van der Waals surface area contributed by atoms with E-state index in [0.29, 0.717) is 17.0 Å². The van der Waals surface area contributed by atoms with Crippen LogP contribution in [0.2, 0.25) is 0 Å². The Bertz CT molecular complexity index is 2270. The van der Waals surface area contributed by atoms with Crippen LogP contribution in [0.4, 0.5) is 4.39 Å². The summed E-state index contributed by atoms with van der Waals surface area (Å²) in [4.78, 5) is 5.58. The fourth-order valence-corrected chi connectivity index (χ4v) is 6.53. The van der Waals surface area contributed by atoms with Crippen LogP contribution in [-0.4, -0.2) is 25.4 Å². The smallest absolute Gasteiger partial charge is 0.182 e. The first-order chi connectivity index (χ1) is 21.2. The van der Waals surface area contributed by atoms with Crippen LogP contribution in [0.5, 0.6) is 0 Å². The lowest BCUT2D eigenvalue weighted by molar-refractivity contribution is 0.631. The van der Waals surface area contributed by atoms with Crippen molar-refractivity contribution < 1.29 is 4.39 Å². The van der Waals surface area contributed by atoms with Gasteiger partial charge in [0.25, 0.3) is 0 Å². The quantitative estimate of drug-likeness (QED) is 0.191. The minimum atomic E-state index is -0.307. The monoisotopic (exact) mass is 576 g/mol. The molecule has 0 spiro atoms. The highest BCUT2D eigenvalue weighted by Crippen LogP contribution is 2.39. The molecule has 0 saturated carbocycles. The van der Waals surface area contributed by atoms with Crippen LogP contribution in [-0.2, 0) is 0 Å². The maximum absolute atomic E-state index is 15.9. The molecule has 3 heterocycles. The molecule has 0 radical (unpaired) electrons. The number of rotatable bonds is 5. The molecule has 0 amide bonds. The molecule has 8 rings (SSSR count). The second kappa shape index (κ2) is 10.3. The van der Waals surface area contributed by atoms with E-state index in [9.17, 15) is 0 Å². The molecule has 5 aromatic carbocycles. The topological polar surface area (TPSA) is 35.1 Å². The third-order valence-corrected chi connectivity index (χ3v) is 8.78. The summed E-state index contributed by atoms with van der Waals surface area (Å²) < 4.78 is 19.9. The third-order valence-electron chi connectivity index (χ3n) is 7.98. The van der Waals surface area contributed by atoms with Gasteiger partial charge in [-0.3, -0.25) is 0 Å². The normalized spacial score (nSPS) is 11.6. The van der Waals surface area contributed by atoms with Crippen LogP contribution in [0.3, 0.4) is 0 Å². The number of nitrogens with zero attached hydrogens (tertiary/aromatic N) is 4. The number of aromatic nitrogens is 4. The van der Waals surface area contributed by atoms with Crippen molar-refractivity contribution in [2.24, 2.45) is 0 Å². The maximum Gasteiger partial charge on any atom is 0.182 e. The van der Waals surface area contributed by atoms with E-state index in [4.69, 9.17) is 0 Å². The molecular formula is C37H25FN4S. The molecule has 4 nitrogen and oxygen atoms in total. The summed E-state index contributed by atoms with van der Waals surface area (Å²) in [5.41, 5.74) is 8.33. The first kappa shape index (κ1) is 25.5. The van der Waals surface area contributed by atoms with E-state index in [-0.39, 0.29) is 5.82 Å². The Morgan fingerprint density at radius 3 is 2.26 bits per heavy atom. The van der Waals surface area contributed by atoms with Gasteiger partial charge in [0.05, 0.1) is 11.0 Å². The van der Waals surface area contributed by atoms with Crippen LogP contribution in [0.25, 0.3) is 66.8 Å². The molecule has 0 atom stereocenters. The van der Waals surface area contributed by atoms with Gasteiger partial charge in [-0.05, 0) is 72.0 Å². The molecule has 8 aromatic rings. The van der Waals surface area contributed by atoms with Crippen molar-refractivity contribution in [2.75, 3.05) is 6.26 Å². The zero-order valence-electron chi connectivity index (χ0n) is 23.3. The zero-order chi connectivity index (χ0) is 28.9. The Labute approximate surface area is 252 Å². The zero-order valence-corrected chi connectivity index (χ0v) is 24.1. The molecule has 0 aliphatic carbocycles. The van der Waals surface area contributed by atoms with Crippen molar-refractivity contribution in [3.05, 3.63) is 139 Å². The van der Waals surface area contributed by atoms with Crippen LogP contribution < -0.4 is 0 Å². The van der Waals surface area contributed by atoms with Crippen LogP contribution in [0.15, 0.2) is 138 Å². The van der Waals surface area contributed by atoms with E-state index in [1.54, 1.807) is 16.3 Å². The van der Waals surface area contributed by atoms with Crippen LogP contribution in [0, 0.1) is 5.82 Å². The summed E-state index contributed by atoms with van der Waals surface area (Å²) in [5.74, 6) is 0.189. The molecule has 43 heavy (non-hydrogen) atoms. The van der Waals surface area contributed by atoms with Crippen LogP contribution >= 0.6 is 11.8 Å². The standard InChI is InChI=1S/C37H25FN4S/c1-43-35-19-16-27(23-31(35)28-17-14-26(22-32(28)38)37-39-36-13-7-8-20-41(36)40-37)42-33-12-6-5-11-29(33)30-21-25(15-18-34(30)42)24-9-3-2-4-10-24/h2-23H,1H3. The van der Waals surface area contributed by atoms with Crippen molar-refractivity contribution in [1.29, 1.82) is 0 Å². The second-order valence-electron chi connectivity index (χ2n) is 10.5. The van der Waals surface area contributed by atoms with Gasteiger partial charge in [0, 0.05) is 44.2 Å². The lowest BCUT2D eigenvalue weighted by atomic mass is 10.0. The average Bonchev–Trinajstić information content (AvgIpc) is 3.64. The van der Waals surface area contributed by atoms with Gasteiger partial charge in [0.15, 0.2) is 11.5 Å². The lowest BCUT2D eigenvalue weighted by Gasteiger charge is -2.14. The summed E-state index contributed by atoms with van der Waals surface area (Å²) in [6, 6.07) is 42.8. The number of para-hydroxylation sites is 1. The van der Waals surface area contributed by atoms with Gasteiger partial charge >= 0.3 is 0 Å². The Morgan fingerprint density at radius 1 is 0.628 bits per heavy atom. The first-order valence-electron chi connectivity index (χ1n) is 14.1. The van der Waals surface area contributed by atoms with E-state index in [1.165, 1.54) is 28.0 Å². The van der Waals surface area contributed by atoms with E-state index in [2.05, 4.69) is 99.6 Å². The average molecular weight is 577 g/mol. The number of halogens is 1. The first-order valence-corrected chi connectivity index (χ1v) is 15.3. The number of hydrogen-bond donors (Lipinski definition) is 0. The highest BCUT2D eigenvalue weighted by atomic mass is 32.2. The van der Waals surface area contributed by atoms with Crippen LogP contribution in [0.1, 0.15) is 0 Å². The summed E-state index contributed by atoms with van der Waals surface area (Å²) in [6.07, 6.45) is 3.86. The third kappa shape index (κ3) is 4.30. The van der Waals surface area contributed by atoms with Gasteiger partial charge in [0.1, 0.15) is 5.82 Å². The molecule has 0 aliphatic rings. The largest absolute Gasteiger partial charge is 0.309 e. The SMILES string of the molecule is CSc1ccc(-n2c3ccccc3c3cc(-c4ccccc4)ccc32)cc1-c1ccc(-c2nc3ccccn3n2)cc1F. The molecule has 0 aliphatic heterocycles. The molecule has 3 aromatic heterocycles. The molecule has 6 heteroatoms.